The minimum absolute atomic E-state index is 0. The molecule has 0 bridgehead atoms. The first-order valence-electron chi connectivity index (χ1n) is 9.97. The molecule has 0 aliphatic carbocycles. The molecule has 3 rings (SSSR count). The van der Waals surface area contributed by atoms with E-state index in [4.69, 9.17) is 0 Å². The Hall–Kier alpha value is -0.810. The first-order valence-corrected chi connectivity index (χ1v) is 9.97. The summed E-state index contributed by atoms with van der Waals surface area (Å²) < 4.78 is 0. The van der Waals surface area contributed by atoms with E-state index in [2.05, 4.69) is 52.8 Å². The van der Waals surface area contributed by atoms with Crippen molar-refractivity contribution in [2.75, 3.05) is 26.2 Å². The number of carbonyl (C=O) groups excluding carboxylic acids is 1. The first kappa shape index (κ1) is 24.2. The SMILES string of the molecule is CC(CC(=O)NC1CCN(Cc2ccccc2)CC1)C1CCNCC1.Cl.Cl. The summed E-state index contributed by atoms with van der Waals surface area (Å²) in [5.41, 5.74) is 1.38. The largest absolute Gasteiger partial charge is 0.353 e. The van der Waals surface area contributed by atoms with Crippen LogP contribution in [0.25, 0.3) is 0 Å². The van der Waals surface area contributed by atoms with Gasteiger partial charge in [0, 0.05) is 32.1 Å². The monoisotopic (exact) mass is 415 g/mol. The van der Waals surface area contributed by atoms with Gasteiger partial charge >= 0.3 is 0 Å². The zero-order valence-corrected chi connectivity index (χ0v) is 18.0. The lowest BCUT2D eigenvalue weighted by Gasteiger charge is -2.33. The van der Waals surface area contributed by atoms with E-state index < -0.39 is 0 Å². The molecule has 0 aromatic heterocycles. The van der Waals surface area contributed by atoms with Crippen LogP contribution in [-0.4, -0.2) is 43.0 Å². The molecule has 2 aliphatic heterocycles. The number of hydrogen-bond acceptors (Lipinski definition) is 3. The summed E-state index contributed by atoms with van der Waals surface area (Å²) in [7, 11) is 0. The molecule has 154 valence electrons. The van der Waals surface area contributed by atoms with Crippen LogP contribution in [0.4, 0.5) is 0 Å². The molecule has 0 radical (unpaired) electrons. The maximum absolute atomic E-state index is 12.4. The van der Waals surface area contributed by atoms with Gasteiger partial charge in [0.15, 0.2) is 0 Å². The lowest BCUT2D eigenvalue weighted by Crippen LogP contribution is -2.45. The molecule has 2 fully saturated rings. The Morgan fingerprint density at radius 2 is 1.74 bits per heavy atom. The Kier molecular flexibility index (Phi) is 11.3. The fourth-order valence-corrected chi connectivity index (χ4v) is 4.24. The highest BCUT2D eigenvalue weighted by Crippen LogP contribution is 2.24. The summed E-state index contributed by atoms with van der Waals surface area (Å²) in [4.78, 5) is 14.9. The van der Waals surface area contributed by atoms with Gasteiger partial charge < -0.3 is 10.6 Å². The molecule has 0 saturated carbocycles. The van der Waals surface area contributed by atoms with Crippen molar-refractivity contribution in [3.05, 3.63) is 35.9 Å². The van der Waals surface area contributed by atoms with Crippen LogP contribution >= 0.6 is 24.8 Å². The highest BCUT2D eigenvalue weighted by Gasteiger charge is 2.24. The third kappa shape index (κ3) is 7.98. The molecule has 2 heterocycles. The van der Waals surface area contributed by atoms with Crippen LogP contribution in [0, 0.1) is 11.8 Å². The maximum atomic E-state index is 12.4. The van der Waals surface area contributed by atoms with Crippen LogP contribution in [0.5, 0.6) is 0 Å². The van der Waals surface area contributed by atoms with Gasteiger partial charge in [-0.05, 0) is 56.2 Å². The van der Waals surface area contributed by atoms with Crippen LogP contribution in [0.15, 0.2) is 30.3 Å². The molecule has 6 heteroatoms. The predicted octanol–water partition coefficient (Wildman–Crippen LogP) is 3.64. The van der Waals surface area contributed by atoms with E-state index in [1.54, 1.807) is 0 Å². The molecule has 1 atom stereocenters. The van der Waals surface area contributed by atoms with Gasteiger partial charge in [-0.25, -0.2) is 0 Å². The lowest BCUT2D eigenvalue weighted by molar-refractivity contribution is -0.123. The van der Waals surface area contributed by atoms with Crippen molar-refractivity contribution in [1.82, 2.24) is 15.5 Å². The zero-order valence-electron chi connectivity index (χ0n) is 16.4. The summed E-state index contributed by atoms with van der Waals surface area (Å²) in [6.07, 6.45) is 5.26. The van der Waals surface area contributed by atoms with Crippen LogP contribution in [-0.2, 0) is 11.3 Å². The second kappa shape index (κ2) is 12.6. The number of carbonyl (C=O) groups is 1. The van der Waals surface area contributed by atoms with Crippen LogP contribution in [0.1, 0.15) is 44.6 Å². The first-order chi connectivity index (χ1) is 12.2. The van der Waals surface area contributed by atoms with Crippen molar-refractivity contribution in [2.45, 2.75) is 51.6 Å². The minimum atomic E-state index is 0. The summed E-state index contributed by atoms with van der Waals surface area (Å²) in [6.45, 7) is 7.63. The van der Waals surface area contributed by atoms with Gasteiger partial charge in [-0.3, -0.25) is 9.69 Å². The lowest BCUT2D eigenvalue weighted by atomic mass is 9.84. The average Bonchev–Trinajstić information content (AvgIpc) is 2.65. The normalized spacial score (nSPS) is 20.2. The predicted molar refractivity (Wildman–Crippen MR) is 117 cm³/mol. The van der Waals surface area contributed by atoms with Gasteiger partial charge in [-0.15, -0.1) is 24.8 Å². The Balaban J connectivity index is 0.00000182. The van der Waals surface area contributed by atoms with E-state index in [0.29, 0.717) is 24.3 Å². The molecule has 4 nitrogen and oxygen atoms in total. The molecule has 2 saturated heterocycles. The third-order valence-electron chi connectivity index (χ3n) is 5.90. The number of nitrogens with one attached hydrogen (secondary N) is 2. The van der Waals surface area contributed by atoms with Gasteiger partial charge in [0.25, 0.3) is 0 Å². The van der Waals surface area contributed by atoms with Crippen molar-refractivity contribution < 1.29 is 4.79 Å². The van der Waals surface area contributed by atoms with Gasteiger partial charge in [0.1, 0.15) is 0 Å². The van der Waals surface area contributed by atoms with E-state index in [1.165, 1.54) is 18.4 Å². The molecule has 1 aromatic carbocycles. The highest BCUT2D eigenvalue weighted by atomic mass is 35.5. The van der Waals surface area contributed by atoms with E-state index in [1.807, 2.05) is 0 Å². The summed E-state index contributed by atoms with van der Waals surface area (Å²) in [5, 5.41) is 6.70. The molecule has 2 aliphatic rings. The third-order valence-corrected chi connectivity index (χ3v) is 5.90. The molecule has 0 spiro atoms. The Bertz CT molecular complexity index is 529. The number of benzene rings is 1. The van der Waals surface area contributed by atoms with Crippen molar-refractivity contribution in [3.63, 3.8) is 0 Å². The van der Waals surface area contributed by atoms with E-state index in [9.17, 15) is 4.79 Å². The van der Waals surface area contributed by atoms with Gasteiger partial charge in [-0.1, -0.05) is 37.3 Å². The van der Waals surface area contributed by atoms with Gasteiger partial charge in [0.2, 0.25) is 5.91 Å². The smallest absolute Gasteiger partial charge is 0.220 e. The fourth-order valence-electron chi connectivity index (χ4n) is 4.24. The maximum Gasteiger partial charge on any atom is 0.220 e. The van der Waals surface area contributed by atoms with Crippen LogP contribution in [0.3, 0.4) is 0 Å². The summed E-state index contributed by atoms with van der Waals surface area (Å²) in [6, 6.07) is 11.0. The molecule has 1 unspecified atom stereocenters. The van der Waals surface area contributed by atoms with Crippen molar-refractivity contribution in [1.29, 1.82) is 0 Å². The van der Waals surface area contributed by atoms with Crippen molar-refractivity contribution in [3.8, 4) is 0 Å². The Labute approximate surface area is 176 Å². The number of halogens is 2. The molecule has 1 amide bonds. The molecular formula is C21H35Cl2N3O. The number of hydrogen-bond donors (Lipinski definition) is 2. The molecule has 2 N–H and O–H groups in total. The molecule has 1 aromatic rings. The Morgan fingerprint density at radius 1 is 1.11 bits per heavy atom. The number of rotatable bonds is 6. The second-order valence-electron chi connectivity index (χ2n) is 7.87. The van der Waals surface area contributed by atoms with E-state index >= 15 is 0 Å². The summed E-state index contributed by atoms with van der Waals surface area (Å²) >= 11 is 0. The van der Waals surface area contributed by atoms with Gasteiger partial charge in [0.05, 0.1) is 0 Å². The zero-order chi connectivity index (χ0) is 17.5. The standard InChI is InChI=1S/C21H33N3O.2ClH/c1-17(19-7-11-22-12-8-19)15-21(25)23-20-9-13-24(14-10-20)16-18-5-3-2-4-6-18;;/h2-6,17,19-20,22H,7-16H2,1H3,(H,23,25);2*1H. The number of nitrogens with zero attached hydrogens (tertiary/aromatic N) is 1. The highest BCUT2D eigenvalue weighted by molar-refractivity contribution is 5.85. The topological polar surface area (TPSA) is 44.4 Å². The van der Waals surface area contributed by atoms with Crippen LogP contribution < -0.4 is 10.6 Å². The van der Waals surface area contributed by atoms with E-state index in [-0.39, 0.29) is 30.7 Å². The van der Waals surface area contributed by atoms with E-state index in [0.717, 1.165) is 45.6 Å². The number of likely N-dealkylation sites (tertiary alicyclic amines) is 1. The van der Waals surface area contributed by atoms with Crippen molar-refractivity contribution in [2.24, 2.45) is 11.8 Å². The molecular weight excluding hydrogens is 381 g/mol. The fraction of sp³-hybridized carbons (Fsp3) is 0.667. The summed E-state index contributed by atoms with van der Waals surface area (Å²) in [5.74, 6) is 1.47. The van der Waals surface area contributed by atoms with Crippen molar-refractivity contribution >= 4 is 30.7 Å². The number of piperidine rings is 2. The average molecular weight is 416 g/mol. The van der Waals surface area contributed by atoms with Gasteiger partial charge in [-0.2, -0.15) is 0 Å². The quantitative estimate of drug-likeness (QED) is 0.744. The number of amides is 1. The Morgan fingerprint density at radius 3 is 2.37 bits per heavy atom. The van der Waals surface area contributed by atoms with Crippen LogP contribution in [0.2, 0.25) is 0 Å². The second-order valence-corrected chi connectivity index (χ2v) is 7.87. The minimum Gasteiger partial charge on any atom is -0.353 e. The molecule has 27 heavy (non-hydrogen) atoms.